The predicted molar refractivity (Wildman–Crippen MR) is 67.0 cm³/mol. The molecule has 0 aromatic carbocycles. The molecule has 15 heteroatoms. The van der Waals surface area contributed by atoms with Crippen molar-refractivity contribution in [2.24, 2.45) is 11.8 Å². The fourth-order valence-electron chi connectivity index (χ4n) is 2.07. The topological polar surface area (TPSA) is 23.8 Å². The van der Waals surface area contributed by atoms with Gasteiger partial charge in [-0.15, -0.1) is 0 Å². The molecule has 1 nitrogen and oxygen atoms in total. The molecule has 0 amide bonds. The minimum atomic E-state index is -6.82. The van der Waals surface area contributed by atoms with Crippen LogP contribution in [0.4, 0.5) is 57.1 Å². The highest BCUT2D eigenvalue weighted by molar-refractivity contribution is 8.03. The van der Waals surface area contributed by atoms with E-state index in [2.05, 4.69) is 0 Å². The van der Waals surface area contributed by atoms with E-state index in [0.717, 1.165) is 0 Å². The number of thioether (sulfide) groups is 1. The molecule has 0 rings (SSSR count). The van der Waals surface area contributed by atoms with Crippen LogP contribution in [0.5, 0.6) is 0 Å². The van der Waals surface area contributed by atoms with Crippen molar-refractivity contribution in [1.82, 2.24) is 0 Å². The standard InChI is InChI=1S/C12H10F13NS/c13-8(11(20,21)22,12(23,24)25)4-7(10(17,18)19)3-6(9(14,15)16)1-2-27-5-26/h6-7H,1-4H2/t6?,7-/m0/s1. The highest BCUT2D eigenvalue weighted by atomic mass is 32.2. The van der Waals surface area contributed by atoms with Crippen LogP contribution in [0, 0.1) is 22.5 Å². The molecular weight excluding hydrogens is 437 g/mol. The first-order chi connectivity index (χ1) is 11.8. The summed E-state index contributed by atoms with van der Waals surface area (Å²) in [5, 5.41) is 9.48. The molecule has 1 unspecified atom stereocenters. The predicted octanol–water partition coefficient (Wildman–Crippen LogP) is 6.56. The zero-order valence-electron chi connectivity index (χ0n) is 12.8. The Hall–Kier alpha value is -1.07. The van der Waals surface area contributed by atoms with Gasteiger partial charge in [0.2, 0.25) is 0 Å². The average molecular weight is 447 g/mol. The number of hydrogen-bond acceptors (Lipinski definition) is 2. The van der Waals surface area contributed by atoms with Crippen LogP contribution < -0.4 is 0 Å². The third-order valence-corrected chi connectivity index (χ3v) is 4.12. The monoisotopic (exact) mass is 447 g/mol. The first-order valence-corrected chi connectivity index (χ1v) is 7.72. The third kappa shape index (κ3) is 7.11. The zero-order chi connectivity index (χ0) is 21.9. The zero-order valence-corrected chi connectivity index (χ0v) is 13.6. The van der Waals surface area contributed by atoms with Crippen LogP contribution in [0.25, 0.3) is 0 Å². The van der Waals surface area contributed by atoms with E-state index in [0.29, 0.717) is 0 Å². The van der Waals surface area contributed by atoms with Gasteiger partial charge in [-0.2, -0.15) is 57.9 Å². The number of rotatable bonds is 7. The van der Waals surface area contributed by atoms with E-state index < -0.39 is 67.2 Å². The Morgan fingerprint density at radius 2 is 1.11 bits per heavy atom. The summed E-state index contributed by atoms with van der Waals surface area (Å²) >= 11 is 0.199. The van der Waals surface area contributed by atoms with Crippen LogP contribution in [0.15, 0.2) is 0 Å². The van der Waals surface area contributed by atoms with Crippen molar-refractivity contribution >= 4 is 11.8 Å². The molecular formula is C12H10F13NS. The van der Waals surface area contributed by atoms with Gasteiger partial charge in [0, 0.05) is 12.2 Å². The van der Waals surface area contributed by atoms with Crippen molar-refractivity contribution in [3.8, 4) is 5.40 Å². The van der Waals surface area contributed by atoms with Gasteiger partial charge in [-0.1, -0.05) is 0 Å². The largest absolute Gasteiger partial charge is 0.431 e. The van der Waals surface area contributed by atoms with E-state index in [-0.39, 0.29) is 11.8 Å². The Balaban J connectivity index is 5.83. The number of alkyl halides is 13. The van der Waals surface area contributed by atoms with Gasteiger partial charge in [-0.25, -0.2) is 4.39 Å². The van der Waals surface area contributed by atoms with Crippen LogP contribution in [-0.2, 0) is 0 Å². The Bertz CT molecular complexity index is 496. The Kier molecular flexibility index (Phi) is 8.18. The lowest BCUT2D eigenvalue weighted by molar-refractivity contribution is -0.353. The Morgan fingerprint density at radius 1 is 0.704 bits per heavy atom. The molecule has 160 valence electrons. The molecule has 2 atom stereocenters. The molecule has 0 radical (unpaired) electrons. The summed E-state index contributed by atoms with van der Waals surface area (Å²) in [4.78, 5) is 0. The molecule has 0 N–H and O–H groups in total. The molecule has 0 saturated carbocycles. The van der Waals surface area contributed by atoms with Gasteiger partial charge < -0.3 is 0 Å². The lowest BCUT2D eigenvalue weighted by atomic mass is 9.83. The smallest absolute Gasteiger partial charge is 0.224 e. The van der Waals surface area contributed by atoms with Crippen molar-refractivity contribution < 1.29 is 57.1 Å². The molecule has 0 aliphatic heterocycles. The van der Waals surface area contributed by atoms with E-state index in [1.807, 2.05) is 0 Å². The second-order valence-corrected chi connectivity index (χ2v) is 6.32. The van der Waals surface area contributed by atoms with Crippen LogP contribution >= 0.6 is 11.8 Å². The average Bonchev–Trinajstić information content (AvgIpc) is 2.40. The lowest BCUT2D eigenvalue weighted by Crippen LogP contribution is -2.55. The maximum Gasteiger partial charge on any atom is 0.431 e. The van der Waals surface area contributed by atoms with Crippen LogP contribution in [0.2, 0.25) is 0 Å². The Morgan fingerprint density at radius 3 is 1.41 bits per heavy atom. The molecule has 0 fully saturated rings. The lowest BCUT2D eigenvalue weighted by Gasteiger charge is -2.35. The molecule has 0 aliphatic carbocycles. The fraction of sp³-hybridized carbons (Fsp3) is 0.917. The molecule has 0 bridgehead atoms. The molecule has 0 saturated heterocycles. The van der Waals surface area contributed by atoms with Gasteiger partial charge in [-0.05, 0) is 24.6 Å². The van der Waals surface area contributed by atoms with Crippen LogP contribution in [-0.4, -0.2) is 36.1 Å². The van der Waals surface area contributed by atoms with Crippen LogP contribution in [0.3, 0.4) is 0 Å². The summed E-state index contributed by atoms with van der Waals surface area (Å²) in [6.07, 6.45) is -31.7. The summed E-state index contributed by atoms with van der Waals surface area (Å²) in [7, 11) is 0. The summed E-state index contributed by atoms with van der Waals surface area (Å²) in [5.74, 6) is -7.52. The van der Waals surface area contributed by atoms with Crippen molar-refractivity contribution in [3.05, 3.63) is 0 Å². The van der Waals surface area contributed by atoms with E-state index in [1.54, 1.807) is 0 Å². The fourth-order valence-corrected chi connectivity index (χ4v) is 2.56. The summed E-state index contributed by atoms with van der Waals surface area (Å²) in [6, 6.07) is 0. The number of nitrogens with zero attached hydrogens (tertiary/aromatic N) is 1. The molecule has 0 heterocycles. The third-order valence-electron chi connectivity index (χ3n) is 3.55. The number of thiocyanates is 1. The molecule has 0 spiro atoms. The first kappa shape index (κ1) is 25.9. The van der Waals surface area contributed by atoms with Crippen molar-refractivity contribution in [3.63, 3.8) is 0 Å². The first-order valence-electron chi connectivity index (χ1n) is 6.74. The molecule has 0 aromatic rings. The van der Waals surface area contributed by atoms with Gasteiger partial charge >= 0.3 is 24.7 Å². The van der Waals surface area contributed by atoms with E-state index in [9.17, 15) is 57.1 Å². The second-order valence-electron chi connectivity index (χ2n) is 5.44. The summed E-state index contributed by atoms with van der Waals surface area (Å²) in [6.45, 7) is 0. The summed E-state index contributed by atoms with van der Waals surface area (Å²) < 4.78 is 165. The highest BCUT2D eigenvalue weighted by Crippen LogP contribution is 2.53. The van der Waals surface area contributed by atoms with E-state index in [1.165, 1.54) is 5.40 Å². The van der Waals surface area contributed by atoms with Gasteiger partial charge in [0.1, 0.15) is 5.40 Å². The maximum atomic E-state index is 13.6. The second kappa shape index (κ2) is 8.52. The molecule has 27 heavy (non-hydrogen) atoms. The van der Waals surface area contributed by atoms with E-state index in [4.69, 9.17) is 5.26 Å². The van der Waals surface area contributed by atoms with E-state index >= 15 is 0 Å². The van der Waals surface area contributed by atoms with Crippen LogP contribution in [0.1, 0.15) is 19.3 Å². The number of nitriles is 1. The molecule has 0 aliphatic rings. The molecule has 0 aromatic heterocycles. The Labute approximate surface area is 147 Å². The SMILES string of the molecule is N#CSCCC(C[C@@H](CC(F)(C(F)(F)F)C(F)(F)F)C(F)(F)F)C(F)(F)F. The van der Waals surface area contributed by atoms with Crippen molar-refractivity contribution in [1.29, 1.82) is 5.26 Å². The van der Waals surface area contributed by atoms with Gasteiger partial charge in [0.25, 0.3) is 5.67 Å². The minimum absolute atomic E-state index is 0.199. The van der Waals surface area contributed by atoms with Gasteiger partial charge in [0.15, 0.2) is 0 Å². The quantitative estimate of drug-likeness (QED) is 0.251. The normalized spacial score (nSPS) is 16.7. The van der Waals surface area contributed by atoms with Crippen molar-refractivity contribution in [2.45, 2.75) is 49.6 Å². The van der Waals surface area contributed by atoms with Gasteiger partial charge in [-0.3, -0.25) is 0 Å². The number of hydrogen-bond donors (Lipinski definition) is 0. The maximum absolute atomic E-state index is 13.6. The highest BCUT2D eigenvalue weighted by Gasteiger charge is 2.74. The summed E-state index contributed by atoms with van der Waals surface area (Å²) in [5.41, 5.74) is -6.34. The van der Waals surface area contributed by atoms with Gasteiger partial charge in [0.05, 0.1) is 11.8 Å². The van der Waals surface area contributed by atoms with Crippen molar-refractivity contribution in [2.75, 3.05) is 5.75 Å². The minimum Gasteiger partial charge on any atom is -0.224 e. The number of halogens is 13.